The zero-order valence-corrected chi connectivity index (χ0v) is 16.3. The molecule has 1 aliphatic carbocycles. The zero-order valence-electron chi connectivity index (χ0n) is 16.3. The minimum atomic E-state index is -0.658. The fourth-order valence-electron chi connectivity index (χ4n) is 3.48. The molecule has 2 aromatic carbocycles. The summed E-state index contributed by atoms with van der Waals surface area (Å²) in [6, 6.07) is 13.2. The van der Waals surface area contributed by atoms with Gasteiger partial charge in [0.25, 0.3) is 5.69 Å². The number of hydrazone groups is 1. The Kier molecular flexibility index (Phi) is 6.01. The standard InChI is InChI=1S/C21H22N4O4/c1-14-8-9-17(12-15(14)2)21(16-6-4-3-5-7-16)23-22-19-11-10-18(24(26)27)13-20(19)25(28)29/h3-7,10-11,13,17,22H,8-9,12H2,1-2H3/b23-21-. The zero-order chi connectivity index (χ0) is 21.0. The van der Waals surface area contributed by atoms with Crippen LogP contribution in [0.5, 0.6) is 0 Å². The van der Waals surface area contributed by atoms with E-state index in [1.54, 1.807) is 0 Å². The molecule has 2 aromatic rings. The van der Waals surface area contributed by atoms with Crippen molar-refractivity contribution in [3.8, 4) is 0 Å². The molecule has 8 heteroatoms. The molecule has 3 rings (SSSR count). The number of anilines is 1. The van der Waals surface area contributed by atoms with Gasteiger partial charge in [-0.3, -0.25) is 25.7 Å². The Labute approximate surface area is 168 Å². The van der Waals surface area contributed by atoms with Crippen LogP contribution < -0.4 is 5.43 Å². The largest absolute Gasteiger partial charge is 0.301 e. The topological polar surface area (TPSA) is 111 Å². The smallest absolute Gasteiger partial charge is 0.271 e. The van der Waals surface area contributed by atoms with E-state index in [1.165, 1.54) is 23.3 Å². The molecule has 150 valence electrons. The quantitative estimate of drug-likeness (QED) is 0.303. The SMILES string of the molecule is CC1=C(C)CC(/C(=N\Nc2ccc([N+](=O)[O-])cc2[N+](=O)[O-])c2ccccc2)CC1. The number of nitro benzene ring substituents is 2. The van der Waals surface area contributed by atoms with Crippen LogP contribution in [0.15, 0.2) is 64.8 Å². The van der Waals surface area contributed by atoms with Crippen molar-refractivity contribution in [3.63, 3.8) is 0 Å². The Hall–Kier alpha value is -3.55. The highest BCUT2D eigenvalue weighted by molar-refractivity contribution is 6.03. The summed E-state index contributed by atoms with van der Waals surface area (Å²) in [4.78, 5) is 21.0. The van der Waals surface area contributed by atoms with Crippen LogP contribution in [0.1, 0.15) is 38.7 Å². The van der Waals surface area contributed by atoms with Crippen molar-refractivity contribution in [3.05, 3.63) is 85.5 Å². The molecule has 0 saturated heterocycles. The van der Waals surface area contributed by atoms with Gasteiger partial charge in [0, 0.05) is 12.0 Å². The number of nitrogens with zero attached hydrogens (tertiary/aromatic N) is 3. The lowest BCUT2D eigenvalue weighted by Gasteiger charge is -2.26. The normalized spacial score (nSPS) is 17.2. The molecule has 0 bridgehead atoms. The number of rotatable bonds is 6. The Balaban J connectivity index is 1.97. The molecule has 0 amide bonds. The summed E-state index contributed by atoms with van der Waals surface area (Å²) < 4.78 is 0. The fourth-order valence-corrected chi connectivity index (χ4v) is 3.48. The molecular formula is C21H22N4O4. The number of hydrogen-bond donors (Lipinski definition) is 1. The van der Waals surface area contributed by atoms with Gasteiger partial charge in [-0.05, 0) is 44.7 Å². The Morgan fingerprint density at radius 1 is 1.03 bits per heavy atom. The summed E-state index contributed by atoms with van der Waals surface area (Å²) in [7, 11) is 0. The van der Waals surface area contributed by atoms with E-state index in [0.29, 0.717) is 0 Å². The first kappa shape index (κ1) is 20.2. The van der Waals surface area contributed by atoms with E-state index >= 15 is 0 Å². The molecule has 1 aliphatic rings. The minimum Gasteiger partial charge on any atom is -0.271 e. The monoisotopic (exact) mass is 394 g/mol. The second-order valence-corrected chi connectivity index (χ2v) is 7.19. The van der Waals surface area contributed by atoms with Gasteiger partial charge in [-0.2, -0.15) is 5.10 Å². The summed E-state index contributed by atoms with van der Waals surface area (Å²) in [5, 5.41) is 26.8. The summed E-state index contributed by atoms with van der Waals surface area (Å²) in [5.41, 5.74) is 6.70. The number of nitrogens with one attached hydrogen (secondary N) is 1. The molecule has 1 atom stereocenters. The number of non-ortho nitro benzene ring substituents is 1. The van der Waals surface area contributed by atoms with Crippen LogP contribution >= 0.6 is 0 Å². The van der Waals surface area contributed by atoms with E-state index in [4.69, 9.17) is 0 Å². The third kappa shape index (κ3) is 4.66. The third-order valence-corrected chi connectivity index (χ3v) is 5.29. The molecule has 1 N–H and O–H groups in total. The average molecular weight is 394 g/mol. The van der Waals surface area contributed by atoms with Crippen LogP contribution in [0.2, 0.25) is 0 Å². The molecule has 8 nitrogen and oxygen atoms in total. The van der Waals surface area contributed by atoms with Crippen molar-refractivity contribution in [1.29, 1.82) is 0 Å². The molecule has 0 saturated carbocycles. The lowest BCUT2D eigenvalue weighted by molar-refractivity contribution is -0.393. The van der Waals surface area contributed by atoms with E-state index in [-0.39, 0.29) is 23.0 Å². The van der Waals surface area contributed by atoms with Crippen molar-refractivity contribution in [1.82, 2.24) is 0 Å². The van der Waals surface area contributed by atoms with Gasteiger partial charge in [-0.15, -0.1) is 0 Å². The summed E-state index contributed by atoms with van der Waals surface area (Å²) in [5.74, 6) is 0.186. The van der Waals surface area contributed by atoms with Gasteiger partial charge < -0.3 is 0 Å². The van der Waals surface area contributed by atoms with Crippen LogP contribution in [0.4, 0.5) is 17.1 Å². The predicted molar refractivity (Wildman–Crippen MR) is 112 cm³/mol. The third-order valence-electron chi connectivity index (χ3n) is 5.29. The molecule has 0 heterocycles. The van der Waals surface area contributed by atoms with Crippen LogP contribution in [0.3, 0.4) is 0 Å². The lowest BCUT2D eigenvalue weighted by Crippen LogP contribution is -2.21. The first-order chi connectivity index (χ1) is 13.9. The van der Waals surface area contributed by atoms with Gasteiger partial charge in [-0.1, -0.05) is 41.5 Å². The highest BCUT2D eigenvalue weighted by Crippen LogP contribution is 2.33. The fraction of sp³-hybridized carbons (Fsp3) is 0.286. The van der Waals surface area contributed by atoms with Crippen molar-refractivity contribution in [2.75, 3.05) is 5.43 Å². The molecule has 0 fully saturated rings. The average Bonchev–Trinajstić information content (AvgIpc) is 2.71. The lowest BCUT2D eigenvalue weighted by atomic mass is 9.80. The number of hydrogen-bond acceptors (Lipinski definition) is 6. The van der Waals surface area contributed by atoms with E-state index < -0.39 is 9.85 Å². The van der Waals surface area contributed by atoms with Crippen LogP contribution in [-0.4, -0.2) is 15.6 Å². The Morgan fingerprint density at radius 2 is 1.76 bits per heavy atom. The molecule has 0 spiro atoms. The van der Waals surface area contributed by atoms with Crippen molar-refractivity contribution in [2.45, 2.75) is 33.1 Å². The van der Waals surface area contributed by atoms with Gasteiger partial charge in [0.05, 0.1) is 21.6 Å². The summed E-state index contributed by atoms with van der Waals surface area (Å²) >= 11 is 0. The van der Waals surface area contributed by atoms with Gasteiger partial charge in [0.2, 0.25) is 0 Å². The van der Waals surface area contributed by atoms with Gasteiger partial charge in [0.15, 0.2) is 0 Å². The van der Waals surface area contributed by atoms with Crippen molar-refractivity contribution in [2.24, 2.45) is 11.0 Å². The molecule has 0 aromatic heterocycles. The van der Waals surface area contributed by atoms with E-state index in [9.17, 15) is 20.2 Å². The highest BCUT2D eigenvalue weighted by Gasteiger charge is 2.24. The van der Waals surface area contributed by atoms with Crippen LogP contribution in [-0.2, 0) is 0 Å². The van der Waals surface area contributed by atoms with E-state index in [2.05, 4.69) is 24.4 Å². The van der Waals surface area contributed by atoms with E-state index in [0.717, 1.165) is 36.6 Å². The maximum atomic E-state index is 11.4. The summed E-state index contributed by atoms with van der Waals surface area (Å²) in [6.07, 6.45) is 2.81. The predicted octanol–water partition coefficient (Wildman–Crippen LogP) is 5.46. The number of benzene rings is 2. The minimum absolute atomic E-state index is 0.119. The van der Waals surface area contributed by atoms with E-state index in [1.807, 2.05) is 30.3 Å². The number of allylic oxidation sites excluding steroid dienone is 2. The van der Waals surface area contributed by atoms with Gasteiger partial charge >= 0.3 is 5.69 Å². The first-order valence-corrected chi connectivity index (χ1v) is 9.34. The molecule has 1 unspecified atom stereocenters. The molecule has 29 heavy (non-hydrogen) atoms. The first-order valence-electron chi connectivity index (χ1n) is 9.34. The van der Waals surface area contributed by atoms with Crippen molar-refractivity contribution >= 4 is 22.8 Å². The van der Waals surface area contributed by atoms with Gasteiger partial charge in [-0.25, -0.2) is 0 Å². The Bertz CT molecular complexity index is 999. The molecular weight excluding hydrogens is 372 g/mol. The number of nitro groups is 2. The molecule has 0 aliphatic heterocycles. The maximum absolute atomic E-state index is 11.4. The van der Waals surface area contributed by atoms with Gasteiger partial charge in [0.1, 0.15) is 5.69 Å². The van der Waals surface area contributed by atoms with Crippen LogP contribution in [0.25, 0.3) is 0 Å². The second-order valence-electron chi connectivity index (χ2n) is 7.19. The Morgan fingerprint density at radius 3 is 2.38 bits per heavy atom. The molecule has 0 radical (unpaired) electrons. The second kappa shape index (κ2) is 8.64. The highest BCUT2D eigenvalue weighted by atomic mass is 16.6. The van der Waals surface area contributed by atoms with Crippen LogP contribution in [0, 0.1) is 26.1 Å². The van der Waals surface area contributed by atoms with Crippen molar-refractivity contribution < 1.29 is 9.85 Å². The summed E-state index contributed by atoms with van der Waals surface area (Å²) in [6.45, 7) is 4.27. The maximum Gasteiger partial charge on any atom is 0.301 e.